The van der Waals surface area contributed by atoms with Crippen LogP contribution in [0.15, 0.2) is 41.4 Å². The van der Waals surface area contributed by atoms with E-state index in [1.165, 1.54) is 4.68 Å². The third-order valence-electron chi connectivity index (χ3n) is 7.76. The Bertz CT molecular complexity index is 1700. The molecule has 1 saturated heterocycles. The van der Waals surface area contributed by atoms with Gasteiger partial charge in [-0.1, -0.05) is 13.0 Å². The van der Waals surface area contributed by atoms with Crippen LogP contribution in [-0.4, -0.2) is 64.4 Å². The zero-order valence-electron chi connectivity index (χ0n) is 22.1. The average molecular weight is 604 g/mol. The summed E-state index contributed by atoms with van der Waals surface area (Å²) in [7, 11) is 0. The van der Waals surface area contributed by atoms with Crippen molar-refractivity contribution in [3.8, 4) is 11.3 Å². The number of hydrogen-bond donors (Lipinski definition) is 2. The summed E-state index contributed by atoms with van der Waals surface area (Å²) in [6.07, 6.45) is 6.22. The van der Waals surface area contributed by atoms with Crippen LogP contribution in [0, 0.1) is 19.3 Å². The molecule has 0 spiro atoms. The largest absolute Gasteiger partial charge is 0.364 e. The Hall–Kier alpha value is -4.26. The van der Waals surface area contributed by atoms with E-state index in [0.29, 0.717) is 44.8 Å². The molecule has 12 nitrogen and oxygen atoms in total. The molecule has 40 heavy (non-hydrogen) atoms. The van der Waals surface area contributed by atoms with Crippen molar-refractivity contribution < 1.29 is 14.4 Å². The van der Waals surface area contributed by atoms with Crippen LogP contribution in [0.1, 0.15) is 41.6 Å². The number of anilines is 1. The van der Waals surface area contributed by atoms with Crippen molar-refractivity contribution in [3.63, 3.8) is 0 Å². The molecule has 4 aromatic rings. The number of nitrogens with zero attached hydrogens (tertiary/aromatic N) is 7. The van der Waals surface area contributed by atoms with Gasteiger partial charge in [0, 0.05) is 29.4 Å². The highest BCUT2D eigenvalue weighted by molar-refractivity contribution is 9.10. The van der Waals surface area contributed by atoms with Crippen LogP contribution in [-0.2, 0) is 16.1 Å². The number of hydrogen-bond acceptors (Lipinski definition) is 8. The standard InChI is InChI=1S/C27H26BrN9O3/c1-13-4-5-21(28)33-25(13)34-26(40)18-7-27(3)8-20(27)37(18)22(38)12-36-19-11-32-17(15-9-30-14(2)31-10-15)6-16(19)23(35-36)24(29)39/h4-6,9-11,18,20H,7-8,12H2,1-3H3,(H2,29,39)(H,33,34,40). The summed E-state index contributed by atoms with van der Waals surface area (Å²) in [5.74, 6) is -0.217. The van der Waals surface area contributed by atoms with Crippen molar-refractivity contribution >= 4 is 50.4 Å². The van der Waals surface area contributed by atoms with Crippen LogP contribution < -0.4 is 11.1 Å². The molecule has 1 saturated carbocycles. The normalized spacial score (nSPS) is 21.4. The smallest absolute Gasteiger partial charge is 0.269 e. The summed E-state index contributed by atoms with van der Waals surface area (Å²) >= 11 is 3.34. The molecule has 1 aliphatic carbocycles. The first-order chi connectivity index (χ1) is 19.0. The van der Waals surface area contributed by atoms with Crippen LogP contribution in [0.25, 0.3) is 22.2 Å². The number of halogens is 1. The second kappa shape index (κ2) is 9.44. The molecule has 0 bridgehead atoms. The van der Waals surface area contributed by atoms with Gasteiger partial charge in [-0.15, -0.1) is 0 Å². The monoisotopic (exact) mass is 603 g/mol. The first-order valence-electron chi connectivity index (χ1n) is 12.7. The molecule has 2 aliphatic rings. The highest BCUT2D eigenvalue weighted by Gasteiger charge is 2.64. The van der Waals surface area contributed by atoms with E-state index in [1.807, 2.05) is 13.0 Å². The van der Waals surface area contributed by atoms with Crippen molar-refractivity contribution in [3.05, 3.63) is 58.5 Å². The van der Waals surface area contributed by atoms with Crippen LogP contribution in [0.2, 0.25) is 0 Å². The Kier molecular flexibility index (Phi) is 6.13. The van der Waals surface area contributed by atoms with E-state index in [9.17, 15) is 14.4 Å². The van der Waals surface area contributed by atoms with E-state index in [4.69, 9.17) is 5.73 Å². The highest BCUT2D eigenvalue weighted by atomic mass is 79.9. The summed E-state index contributed by atoms with van der Waals surface area (Å²) in [4.78, 5) is 58.3. The number of carbonyl (C=O) groups excluding carboxylic acids is 3. The van der Waals surface area contributed by atoms with E-state index >= 15 is 0 Å². The maximum Gasteiger partial charge on any atom is 0.269 e. The molecule has 0 aromatic carbocycles. The molecule has 2 fully saturated rings. The minimum Gasteiger partial charge on any atom is -0.364 e. The minimum atomic E-state index is -0.724. The number of pyridine rings is 2. The summed E-state index contributed by atoms with van der Waals surface area (Å²) in [6.45, 7) is 5.55. The van der Waals surface area contributed by atoms with Crippen LogP contribution in [0.4, 0.5) is 5.82 Å². The average Bonchev–Trinajstić information content (AvgIpc) is 3.28. The summed E-state index contributed by atoms with van der Waals surface area (Å²) < 4.78 is 2.03. The highest BCUT2D eigenvalue weighted by Crippen LogP contribution is 2.59. The van der Waals surface area contributed by atoms with E-state index in [2.05, 4.69) is 53.2 Å². The summed E-state index contributed by atoms with van der Waals surface area (Å²) in [5, 5.41) is 7.73. The fourth-order valence-electron chi connectivity index (χ4n) is 5.46. The molecule has 13 heteroatoms. The zero-order valence-corrected chi connectivity index (χ0v) is 23.6. The van der Waals surface area contributed by atoms with Gasteiger partial charge in [-0.05, 0) is 65.7 Å². The molecule has 3 amide bonds. The van der Waals surface area contributed by atoms with Crippen molar-refractivity contribution in [1.29, 1.82) is 0 Å². The lowest BCUT2D eigenvalue weighted by Crippen LogP contribution is -2.47. The molecular formula is C27H26BrN9O3. The molecule has 3 N–H and O–H groups in total. The number of nitrogens with two attached hydrogens (primary N) is 1. The lowest BCUT2D eigenvalue weighted by Gasteiger charge is -2.27. The second-order valence-electron chi connectivity index (χ2n) is 10.7. The van der Waals surface area contributed by atoms with Gasteiger partial charge < -0.3 is 16.0 Å². The number of aromatic nitrogens is 6. The molecule has 4 aromatic heterocycles. The van der Waals surface area contributed by atoms with Gasteiger partial charge >= 0.3 is 0 Å². The Morgan fingerprint density at radius 2 is 1.88 bits per heavy atom. The van der Waals surface area contributed by atoms with Gasteiger partial charge in [-0.3, -0.25) is 24.0 Å². The Balaban J connectivity index is 1.29. The molecule has 5 heterocycles. The summed E-state index contributed by atoms with van der Waals surface area (Å²) in [5.41, 5.74) is 8.06. The molecule has 204 valence electrons. The Morgan fingerprint density at radius 3 is 2.60 bits per heavy atom. The Labute approximate surface area is 237 Å². The van der Waals surface area contributed by atoms with Gasteiger partial charge in [0.15, 0.2) is 5.69 Å². The van der Waals surface area contributed by atoms with Crippen molar-refractivity contribution in [2.45, 2.75) is 52.2 Å². The topological polar surface area (TPSA) is 162 Å². The fourth-order valence-corrected chi connectivity index (χ4v) is 5.77. The molecule has 3 atom stereocenters. The van der Waals surface area contributed by atoms with E-state index in [-0.39, 0.29) is 35.5 Å². The van der Waals surface area contributed by atoms with Crippen LogP contribution >= 0.6 is 15.9 Å². The fraction of sp³-hybridized carbons (Fsp3) is 0.333. The maximum atomic E-state index is 13.7. The number of primary amides is 1. The molecule has 1 aliphatic heterocycles. The number of aryl methyl sites for hydroxylation is 2. The van der Waals surface area contributed by atoms with Gasteiger partial charge in [0.05, 0.1) is 17.4 Å². The van der Waals surface area contributed by atoms with Crippen molar-refractivity contribution in [2.75, 3.05) is 5.32 Å². The van der Waals surface area contributed by atoms with Crippen molar-refractivity contribution in [1.82, 2.24) is 34.6 Å². The Morgan fingerprint density at radius 1 is 1.12 bits per heavy atom. The number of fused-ring (bicyclic) bond motifs is 2. The van der Waals surface area contributed by atoms with Gasteiger partial charge in [0.2, 0.25) is 11.8 Å². The third kappa shape index (κ3) is 4.49. The zero-order chi connectivity index (χ0) is 28.3. The maximum absolute atomic E-state index is 13.7. The number of likely N-dealkylation sites (tertiary alicyclic amines) is 1. The predicted octanol–water partition coefficient (Wildman–Crippen LogP) is 2.78. The lowest BCUT2D eigenvalue weighted by molar-refractivity contribution is -0.138. The van der Waals surface area contributed by atoms with E-state index in [1.54, 1.807) is 42.5 Å². The van der Waals surface area contributed by atoms with Crippen LogP contribution in [0.5, 0.6) is 0 Å². The van der Waals surface area contributed by atoms with Gasteiger partial charge in [0.1, 0.15) is 28.8 Å². The third-order valence-corrected chi connectivity index (χ3v) is 8.20. The molecule has 0 radical (unpaired) electrons. The number of piperidine rings is 1. The first-order valence-corrected chi connectivity index (χ1v) is 13.5. The molecule has 6 rings (SSSR count). The molecular weight excluding hydrogens is 578 g/mol. The number of amides is 3. The number of rotatable bonds is 6. The summed E-state index contributed by atoms with van der Waals surface area (Å²) in [6, 6.07) is 4.65. The molecule has 3 unspecified atom stereocenters. The van der Waals surface area contributed by atoms with Crippen LogP contribution in [0.3, 0.4) is 0 Å². The minimum absolute atomic E-state index is 0.0302. The first kappa shape index (κ1) is 26.0. The number of nitrogens with one attached hydrogen (secondary N) is 1. The van der Waals surface area contributed by atoms with E-state index < -0.39 is 11.9 Å². The van der Waals surface area contributed by atoms with Gasteiger partial charge in [-0.2, -0.15) is 5.10 Å². The van der Waals surface area contributed by atoms with Gasteiger partial charge in [0.25, 0.3) is 5.91 Å². The van der Waals surface area contributed by atoms with Crippen molar-refractivity contribution in [2.24, 2.45) is 11.1 Å². The SMILES string of the molecule is Cc1ncc(-c2cc3c(C(N)=O)nn(CC(=O)N4C(C(=O)Nc5nc(Br)ccc5C)CC5(C)CC45)c3cn2)cn1. The quantitative estimate of drug-likeness (QED) is 0.318. The van der Waals surface area contributed by atoms with E-state index in [0.717, 1.165) is 12.0 Å². The van der Waals surface area contributed by atoms with Gasteiger partial charge in [-0.25, -0.2) is 15.0 Å². The number of carbonyl (C=O) groups is 3. The second-order valence-corrected chi connectivity index (χ2v) is 11.5. The lowest BCUT2D eigenvalue weighted by atomic mass is 10.0. The predicted molar refractivity (Wildman–Crippen MR) is 149 cm³/mol.